The van der Waals surface area contributed by atoms with Crippen molar-refractivity contribution in [1.29, 1.82) is 0 Å². The van der Waals surface area contributed by atoms with Crippen LogP contribution in [0.5, 0.6) is 0 Å². The van der Waals surface area contributed by atoms with Crippen molar-refractivity contribution in [3.63, 3.8) is 0 Å². The zero-order valence-corrected chi connectivity index (χ0v) is 10.3. The van der Waals surface area contributed by atoms with Gasteiger partial charge in [0.1, 0.15) is 12.2 Å². The first kappa shape index (κ1) is 10.1. The van der Waals surface area contributed by atoms with Crippen molar-refractivity contribution >= 4 is 38.9 Å². The Bertz CT molecular complexity index is 426. The second kappa shape index (κ2) is 4.42. The molecule has 0 aliphatic heterocycles. The summed E-state index contributed by atoms with van der Waals surface area (Å²) in [5.41, 5.74) is 0. The first-order valence-corrected chi connectivity index (χ1v) is 6.16. The molecule has 2 rings (SSSR count). The summed E-state index contributed by atoms with van der Waals surface area (Å²) < 4.78 is 3.07. The van der Waals surface area contributed by atoms with Crippen molar-refractivity contribution in [2.45, 2.75) is 12.4 Å². The minimum absolute atomic E-state index is 0.392. The molecule has 74 valence electrons. The number of hydrogen-bond donors (Lipinski definition) is 0. The van der Waals surface area contributed by atoms with E-state index in [4.69, 9.17) is 11.6 Å². The molecule has 0 bridgehead atoms. The summed E-state index contributed by atoms with van der Waals surface area (Å²) in [5, 5.41) is 9.78. The third-order valence-electron chi connectivity index (χ3n) is 1.82. The van der Waals surface area contributed by atoms with E-state index in [2.05, 4.69) is 26.1 Å². The van der Waals surface area contributed by atoms with Crippen LogP contribution < -0.4 is 0 Å². The maximum absolute atomic E-state index is 5.72. The highest BCUT2D eigenvalue weighted by atomic mass is 79.9. The highest BCUT2D eigenvalue weighted by Gasteiger charge is 2.06. The highest BCUT2D eigenvalue weighted by Crippen LogP contribution is 2.23. The van der Waals surface area contributed by atoms with Gasteiger partial charge in [0.05, 0.1) is 12.4 Å². The van der Waals surface area contributed by atoms with Crippen LogP contribution in [-0.4, -0.2) is 14.8 Å². The third-order valence-corrected chi connectivity index (χ3v) is 3.97. The SMILES string of the molecule is ClCc1nncn1Cc1sccc1Br. The summed E-state index contributed by atoms with van der Waals surface area (Å²) in [6.45, 7) is 0.771. The topological polar surface area (TPSA) is 30.7 Å². The zero-order chi connectivity index (χ0) is 9.97. The molecule has 0 unspecified atom stereocenters. The van der Waals surface area contributed by atoms with Crippen molar-refractivity contribution in [2.75, 3.05) is 0 Å². The largest absolute Gasteiger partial charge is 0.311 e. The number of hydrogen-bond acceptors (Lipinski definition) is 3. The van der Waals surface area contributed by atoms with E-state index in [-0.39, 0.29) is 0 Å². The van der Waals surface area contributed by atoms with E-state index in [9.17, 15) is 0 Å². The molecular weight excluding hydrogens is 286 g/mol. The van der Waals surface area contributed by atoms with Crippen LogP contribution in [0.4, 0.5) is 0 Å². The molecular formula is C8H7BrClN3S. The summed E-state index contributed by atoms with van der Waals surface area (Å²) in [6, 6.07) is 2.03. The van der Waals surface area contributed by atoms with Crippen molar-refractivity contribution in [2.24, 2.45) is 0 Å². The molecule has 6 heteroatoms. The molecule has 0 saturated heterocycles. The number of alkyl halides is 1. The Kier molecular flexibility index (Phi) is 3.20. The zero-order valence-electron chi connectivity index (χ0n) is 7.15. The Labute approximate surface area is 98.9 Å². The molecule has 2 aromatic rings. The number of nitrogens with zero attached hydrogens (tertiary/aromatic N) is 3. The van der Waals surface area contributed by atoms with E-state index in [0.29, 0.717) is 5.88 Å². The molecule has 0 aromatic carbocycles. The van der Waals surface area contributed by atoms with Gasteiger partial charge in [-0.2, -0.15) is 0 Å². The molecule has 0 fully saturated rings. The molecule has 0 atom stereocenters. The minimum atomic E-state index is 0.392. The number of thiophene rings is 1. The van der Waals surface area contributed by atoms with Crippen LogP contribution in [0.25, 0.3) is 0 Å². The maximum Gasteiger partial charge on any atom is 0.148 e. The smallest absolute Gasteiger partial charge is 0.148 e. The second-order valence-corrected chi connectivity index (χ2v) is 4.82. The molecule has 0 saturated carbocycles. The van der Waals surface area contributed by atoms with Crippen LogP contribution in [0.15, 0.2) is 22.2 Å². The summed E-state index contributed by atoms with van der Waals surface area (Å²) in [4.78, 5) is 1.25. The van der Waals surface area contributed by atoms with Gasteiger partial charge in [0, 0.05) is 9.35 Å². The van der Waals surface area contributed by atoms with Crippen LogP contribution in [-0.2, 0) is 12.4 Å². The van der Waals surface area contributed by atoms with Crippen LogP contribution >= 0.6 is 38.9 Å². The average Bonchev–Trinajstić information content (AvgIpc) is 2.77. The van der Waals surface area contributed by atoms with Crippen LogP contribution in [0.3, 0.4) is 0 Å². The van der Waals surface area contributed by atoms with Crippen molar-refractivity contribution in [3.05, 3.63) is 32.9 Å². The van der Waals surface area contributed by atoms with Gasteiger partial charge >= 0.3 is 0 Å². The predicted molar refractivity (Wildman–Crippen MR) is 60.7 cm³/mol. The van der Waals surface area contributed by atoms with Gasteiger partial charge in [-0.25, -0.2) is 0 Å². The fourth-order valence-corrected chi connectivity index (χ4v) is 2.79. The third kappa shape index (κ3) is 1.99. The fourth-order valence-electron chi connectivity index (χ4n) is 1.11. The van der Waals surface area contributed by atoms with Crippen LogP contribution in [0, 0.1) is 0 Å². The number of halogens is 2. The maximum atomic E-state index is 5.72. The Hall–Kier alpha value is -0.390. The Morgan fingerprint density at radius 1 is 1.57 bits per heavy atom. The van der Waals surface area contributed by atoms with E-state index in [1.807, 2.05) is 16.0 Å². The van der Waals surface area contributed by atoms with E-state index in [1.54, 1.807) is 17.7 Å². The summed E-state index contributed by atoms with van der Waals surface area (Å²) >= 11 is 10.9. The minimum Gasteiger partial charge on any atom is -0.311 e. The summed E-state index contributed by atoms with van der Waals surface area (Å²) in [6.07, 6.45) is 1.70. The van der Waals surface area contributed by atoms with Crippen molar-refractivity contribution in [3.8, 4) is 0 Å². The Balaban J connectivity index is 2.22. The molecule has 0 spiro atoms. The number of rotatable bonds is 3. The first-order valence-electron chi connectivity index (χ1n) is 3.96. The molecule has 0 radical (unpaired) electrons. The monoisotopic (exact) mass is 291 g/mol. The first-order chi connectivity index (χ1) is 6.81. The van der Waals surface area contributed by atoms with Gasteiger partial charge in [0.15, 0.2) is 0 Å². The summed E-state index contributed by atoms with van der Waals surface area (Å²) in [7, 11) is 0. The van der Waals surface area contributed by atoms with E-state index < -0.39 is 0 Å². The Morgan fingerprint density at radius 3 is 3.07 bits per heavy atom. The van der Waals surface area contributed by atoms with E-state index in [0.717, 1.165) is 16.8 Å². The predicted octanol–water partition coefficient (Wildman–Crippen LogP) is 2.89. The lowest BCUT2D eigenvalue weighted by Gasteiger charge is -2.02. The van der Waals surface area contributed by atoms with Gasteiger partial charge < -0.3 is 4.57 Å². The quantitative estimate of drug-likeness (QED) is 0.815. The second-order valence-electron chi connectivity index (χ2n) is 2.70. The lowest BCUT2D eigenvalue weighted by atomic mass is 10.4. The van der Waals surface area contributed by atoms with E-state index >= 15 is 0 Å². The van der Waals surface area contributed by atoms with Crippen LogP contribution in [0.2, 0.25) is 0 Å². The molecule has 0 aliphatic rings. The highest BCUT2D eigenvalue weighted by molar-refractivity contribution is 9.10. The fraction of sp³-hybridized carbons (Fsp3) is 0.250. The van der Waals surface area contributed by atoms with Crippen molar-refractivity contribution < 1.29 is 0 Å². The average molecular weight is 293 g/mol. The Morgan fingerprint density at radius 2 is 2.43 bits per heavy atom. The molecule has 14 heavy (non-hydrogen) atoms. The molecule has 0 amide bonds. The lowest BCUT2D eigenvalue weighted by molar-refractivity contribution is 0.762. The van der Waals surface area contributed by atoms with Gasteiger partial charge in [-0.15, -0.1) is 33.1 Å². The lowest BCUT2D eigenvalue weighted by Crippen LogP contribution is -2.01. The number of aromatic nitrogens is 3. The van der Waals surface area contributed by atoms with Crippen LogP contribution in [0.1, 0.15) is 10.7 Å². The van der Waals surface area contributed by atoms with Gasteiger partial charge in [0.2, 0.25) is 0 Å². The van der Waals surface area contributed by atoms with Gasteiger partial charge in [0.25, 0.3) is 0 Å². The van der Waals surface area contributed by atoms with E-state index in [1.165, 1.54) is 4.88 Å². The van der Waals surface area contributed by atoms with Gasteiger partial charge in [-0.1, -0.05) is 0 Å². The molecule has 0 aliphatic carbocycles. The summed E-state index contributed by atoms with van der Waals surface area (Å²) in [5.74, 6) is 1.19. The van der Waals surface area contributed by atoms with Gasteiger partial charge in [-0.05, 0) is 27.4 Å². The standard InChI is InChI=1S/C8H7BrClN3S/c9-6-1-2-14-7(6)4-13-5-11-12-8(13)3-10/h1-2,5H,3-4H2. The molecule has 3 nitrogen and oxygen atoms in total. The molecule has 2 heterocycles. The van der Waals surface area contributed by atoms with Crippen molar-refractivity contribution in [1.82, 2.24) is 14.8 Å². The molecule has 0 N–H and O–H groups in total. The van der Waals surface area contributed by atoms with Gasteiger partial charge in [-0.3, -0.25) is 0 Å². The normalized spacial score (nSPS) is 10.7. The molecule has 2 aromatic heterocycles.